The number of likely N-dealkylation sites (tertiary alicyclic amines) is 1. The van der Waals surface area contributed by atoms with Gasteiger partial charge in [0.1, 0.15) is 13.2 Å². The number of nitrogens with one attached hydrogen (secondary N) is 1. The number of carbonyl (C=O) groups is 3. The van der Waals surface area contributed by atoms with Gasteiger partial charge in [-0.05, 0) is 12.8 Å². The normalized spacial score (nSPS) is 14.6. The van der Waals surface area contributed by atoms with E-state index >= 15 is 0 Å². The van der Waals surface area contributed by atoms with E-state index < -0.39 is 24.6 Å². The quantitative estimate of drug-likeness (QED) is 0.0827. The zero-order chi connectivity index (χ0) is 28.7. The molecule has 0 saturated carbocycles. The number of alkyl carbamates (subject to hydrolysis) is 1. The van der Waals surface area contributed by atoms with Gasteiger partial charge in [0.15, 0.2) is 6.10 Å². The number of nitrogens with zero attached hydrogens (tertiary/aromatic N) is 1. The lowest BCUT2D eigenvalue weighted by Crippen LogP contribution is -2.60. The van der Waals surface area contributed by atoms with Crippen LogP contribution >= 0.6 is 0 Å². The van der Waals surface area contributed by atoms with E-state index in [1.165, 1.54) is 49.8 Å². The molecule has 0 aromatic carbocycles. The Kier molecular flexibility index (Phi) is 20.5. The van der Waals surface area contributed by atoms with Crippen LogP contribution in [0.4, 0.5) is 13.6 Å². The topological polar surface area (TPSA) is 94.2 Å². The predicted molar refractivity (Wildman–Crippen MR) is 147 cm³/mol. The highest BCUT2D eigenvalue weighted by Gasteiger charge is 2.30. The van der Waals surface area contributed by atoms with Crippen molar-refractivity contribution >= 4 is 18.0 Å². The molecular weight excluding hydrogens is 510 g/mol. The first kappa shape index (κ1) is 35.1. The Hall–Kier alpha value is -1.97. The monoisotopic (exact) mass is 562 g/mol. The van der Waals surface area contributed by atoms with Gasteiger partial charge in [0.2, 0.25) is 0 Å². The van der Waals surface area contributed by atoms with Crippen LogP contribution in [-0.2, 0) is 23.8 Å². The second-order valence-electron chi connectivity index (χ2n) is 10.6. The molecule has 0 aromatic rings. The highest BCUT2D eigenvalue weighted by atomic mass is 19.3. The number of carbonyl (C=O) groups excluding carboxylic acids is 3. The Bertz CT molecular complexity index is 662. The molecule has 1 aliphatic heterocycles. The van der Waals surface area contributed by atoms with Gasteiger partial charge >= 0.3 is 18.0 Å². The summed E-state index contributed by atoms with van der Waals surface area (Å²) in [5.74, 6) is -0.781. The van der Waals surface area contributed by atoms with Crippen molar-refractivity contribution in [2.24, 2.45) is 0 Å². The summed E-state index contributed by atoms with van der Waals surface area (Å²) in [7, 11) is 0. The molecule has 1 N–H and O–H groups in total. The van der Waals surface area contributed by atoms with Crippen molar-refractivity contribution in [3.05, 3.63) is 0 Å². The third-order valence-corrected chi connectivity index (χ3v) is 6.77. The van der Waals surface area contributed by atoms with Crippen molar-refractivity contribution in [2.45, 2.75) is 135 Å². The molecule has 1 amide bonds. The van der Waals surface area contributed by atoms with Crippen LogP contribution in [-0.4, -0.2) is 74.4 Å². The number of esters is 2. The minimum atomic E-state index is -2.41. The van der Waals surface area contributed by atoms with Gasteiger partial charge in [0.05, 0.1) is 12.6 Å². The maximum atomic E-state index is 12.4. The summed E-state index contributed by atoms with van der Waals surface area (Å²) in [4.78, 5) is 38.2. The van der Waals surface area contributed by atoms with E-state index in [0.717, 1.165) is 38.5 Å². The third kappa shape index (κ3) is 19.7. The first-order valence-electron chi connectivity index (χ1n) is 15.1. The van der Waals surface area contributed by atoms with Crippen LogP contribution in [0, 0.1) is 0 Å². The van der Waals surface area contributed by atoms with Gasteiger partial charge in [-0.1, -0.05) is 90.9 Å². The Morgan fingerprint density at radius 1 is 0.744 bits per heavy atom. The highest BCUT2D eigenvalue weighted by Crippen LogP contribution is 2.13. The highest BCUT2D eigenvalue weighted by molar-refractivity contribution is 5.70. The average Bonchev–Trinajstić information content (AvgIpc) is 2.87. The van der Waals surface area contributed by atoms with E-state index in [0.29, 0.717) is 25.9 Å². The van der Waals surface area contributed by atoms with Crippen molar-refractivity contribution in [1.29, 1.82) is 0 Å². The molecule has 1 unspecified atom stereocenters. The van der Waals surface area contributed by atoms with E-state index in [1.807, 2.05) is 0 Å². The maximum absolute atomic E-state index is 12.4. The standard InChI is InChI=1S/C29H52F2N2O6/c1-3-5-7-9-11-13-15-17-27(34)37-22-25(39-28(35)18-16-14-12-10-8-6-4-2)23-38-29(36)32-24-19-33(20-24)21-26(30)31/h24-26H,3-23H2,1-2H3,(H,32,36). The van der Waals surface area contributed by atoms with Gasteiger partial charge in [0.25, 0.3) is 6.43 Å². The summed E-state index contributed by atoms with van der Waals surface area (Å²) >= 11 is 0. The van der Waals surface area contributed by atoms with Crippen LogP contribution in [0.15, 0.2) is 0 Å². The van der Waals surface area contributed by atoms with Crippen LogP contribution in [0.25, 0.3) is 0 Å². The van der Waals surface area contributed by atoms with E-state index in [-0.39, 0.29) is 38.2 Å². The van der Waals surface area contributed by atoms with Gasteiger partial charge in [-0.2, -0.15) is 0 Å². The Balaban J connectivity index is 2.36. The fraction of sp³-hybridized carbons (Fsp3) is 0.897. The Labute approximate surface area is 233 Å². The summed E-state index contributed by atoms with van der Waals surface area (Å²) in [6.45, 7) is 4.23. The lowest BCUT2D eigenvalue weighted by molar-refractivity contribution is -0.161. The minimum Gasteiger partial charge on any atom is -0.462 e. The number of halogens is 2. The molecule has 1 aliphatic rings. The first-order chi connectivity index (χ1) is 18.8. The van der Waals surface area contributed by atoms with Crippen LogP contribution in [0.2, 0.25) is 0 Å². The molecule has 0 radical (unpaired) electrons. The summed E-state index contributed by atoms with van der Waals surface area (Å²) in [5, 5.41) is 2.61. The fourth-order valence-corrected chi connectivity index (χ4v) is 4.45. The second kappa shape index (κ2) is 22.8. The van der Waals surface area contributed by atoms with Crippen molar-refractivity contribution in [3.63, 3.8) is 0 Å². The Morgan fingerprint density at radius 2 is 1.23 bits per heavy atom. The maximum Gasteiger partial charge on any atom is 0.407 e. The molecule has 1 atom stereocenters. The van der Waals surface area contributed by atoms with Gasteiger partial charge in [-0.15, -0.1) is 0 Å². The number of hydrogen-bond donors (Lipinski definition) is 1. The third-order valence-electron chi connectivity index (χ3n) is 6.77. The first-order valence-corrected chi connectivity index (χ1v) is 15.1. The summed E-state index contributed by atoms with van der Waals surface area (Å²) in [5.41, 5.74) is 0. The number of hydrogen-bond acceptors (Lipinski definition) is 7. The Morgan fingerprint density at radius 3 is 1.77 bits per heavy atom. The van der Waals surface area contributed by atoms with Crippen molar-refractivity contribution in [2.75, 3.05) is 32.8 Å². The molecule has 0 bridgehead atoms. The molecule has 8 nitrogen and oxygen atoms in total. The predicted octanol–water partition coefficient (Wildman–Crippen LogP) is 6.40. The lowest BCUT2D eigenvalue weighted by Gasteiger charge is -2.38. The van der Waals surface area contributed by atoms with E-state index in [4.69, 9.17) is 14.2 Å². The molecule has 0 aromatic heterocycles. The molecule has 1 fully saturated rings. The van der Waals surface area contributed by atoms with Crippen molar-refractivity contribution in [1.82, 2.24) is 10.2 Å². The van der Waals surface area contributed by atoms with E-state index in [1.54, 1.807) is 0 Å². The van der Waals surface area contributed by atoms with E-state index in [2.05, 4.69) is 19.2 Å². The molecule has 1 saturated heterocycles. The van der Waals surface area contributed by atoms with Crippen molar-refractivity contribution in [3.8, 4) is 0 Å². The van der Waals surface area contributed by atoms with Crippen LogP contribution < -0.4 is 5.32 Å². The van der Waals surface area contributed by atoms with Gasteiger partial charge in [-0.3, -0.25) is 14.5 Å². The molecule has 1 rings (SSSR count). The number of ether oxygens (including phenoxy) is 3. The molecular formula is C29H52F2N2O6. The van der Waals surface area contributed by atoms with Gasteiger partial charge in [-0.25, -0.2) is 13.6 Å². The fourth-order valence-electron chi connectivity index (χ4n) is 4.45. The lowest BCUT2D eigenvalue weighted by atomic mass is 10.1. The van der Waals surface area contributed by atoms with Gasteiger partial charge < -0.3 is 19.5 Å². The molecule has 1 heterocycles. The molecule has 10 heteroatoms. The summed E-state index contributed by atoms with van der Waals surface area (Å²) in [6.07, 6.45) is 11.7. The largest absolute Gasteiger partial charge is 0.462 e. The average molecular weight is 563 g/mol. The molecule has 39 heavy (non-hydrogen) atoms. The van der Waals surface area contributed by atoms with Gasteiger partial charge in [0, 0.05) is 25.9 Å². The van der Waals surface area contributed by atoms with Crippen LogP contribution in [0.1, 0.15) is 117 Å². The summed E-state index contributed by atoms with van der Waals surface area (Å²) < 4.78 is 40.8. The van der Waals surface area contributed by atoms with Crippen molar-refractivity contribution < 1.29 is 37.4 Å². The molecule has 228 valence electrons. The minimum absolute atomic E-state index is 0.184. The second-order valence-corrected chi connectivity index (χ2v) is 10.6. The van der Waals surface area contributed by atoms with E-state index in [9.17, 15) is 23.2 Å². The number of amides is 1. The SMILES string of the molecule is CCCCCCCCCC(=O)OCC(COC(=O)NC1CN(CC(F)F)C1)OC(=O)CCCCCCCCC. The number of unbranched alkanes of at least 4 members (excludes halogenated alkanes) is 12. The zero-order valence-electron chi connectivity index (χ0n) is 24.2. The van der Waals surface area contributed by atoms with Crippen LogP contribution in [0.5, 0.6) is 0 Å². The zero-order valence-corrected chi connectivity index (χ0v) is 24.2. The summed E-state index contributed by atoms with van der Waals surface area (Å²) in [6, 6.07) is -0.269. The molecule has 0 spiro atoms. The number of alkyl halides is 2. The smallest absolute Gasteiger partial charge is 0.407 e. The molecule has 0 aliphatic carbocycles. The number of rotatable bonds is 24. The van der Waals surface area contributed by atoms with Crippen LogP contribution in [0.3, 0.4) is 0 Å².